The third-order valence-electron chi connectivity index (χ3n) is 8.86. The largest absolute Gasteiger partial charge is 0.487 e. The van der Waals surface area contributed by atoms with E-state index in [1.807, 2.05) is 72.8 Å². The average Bonchev–Trinajstić information content (AvgIpc) is 3.06. The van der Waals surface area contributed by atoms with Crippen LogP contribution in [0.1, 0.15) is 43.0 Å². The Balaban J connectivity index is 1.53. The summed E-state index contributed by atoms with van der Waals surface area (Å²) in [6.45, 7) is 13.0. The van der Waals surface area contributed by atoms with Gasteiger partial charge in [-0.2, -0.15) is 0 Å². The minimum Gasteiger partial charge on any atom is -0.487 e. The first kappa shape index (κ1) is 33.8. The van der Waals surface area contributed by atoms with Gasteiger partial charge in [0.1, 0.15) is 24.1 Å². The predicted molar refractivity (Wildman–Crippen MR) is 187 cm³/mol. The maximum Gasteiger partial charge on any atom is 0.193 e. The van der Waals surface area contributed by atoms with Crippen molar-refractivity contribution in [2.45, 2.75) is 83.1 Å². The van der Waals surface area contributed by atoms with Crippen LogP contribution in [0.5, 0.6) is 0 Å². The van der Waals surface area contributed by atoms with Gasteiger partial charge in [-0.1, -0.05) is 142 Å². The van der Waals surface area contributed by atoms with Crippen molar-refractivity contribution >= 4 is 14.4 Å². The summed E-state index contributed by atoms with van der Waals surface area (Å²) in [5, 5.41) is -0.0229. The topological polar surface area (TPSA) is 46.2 Å². The molecule has 1 heterocycles. The summed E-state index contributed by atoms with van der Waals surface area (Å²) in [4.78, 5) is 0. The highest BCUT2D eigenvalue weighted by molar-refractivity contribution is 6.74. The van der Waals surface area contributed by atoms with Crippen molar-refractivity contribution in [3.63, 3.8) is 0 Å². The van der Waals surface area contributed by atoms with Crippen LogP contribution in [-0.2, 0) is 43.2 Å². The van der Waals surface area contributed by atoms with Gasteiger partial charge in [0.2, 0.25) is 0 Å². The number of ether oxygens (including phenoxy) is 4. The third kappa shape index (κ3) is 9.27. The van der Waals surface area contributed by atoms with Gasteiger partial charge in [0.05, 0.1) is 26.4 Å². The highest BCUT2D eigenvalue weighted by Crippen LogP contribution is 2.42. The standard InChI is InChI=1S/C40H48O5Si/c1-40(2,3)46(4,5)45-38-35(26-31-18-10-6-11-19-31)44-36(30-41-27-32-20-12-7-13-21-32)37(42-28-33-22-14-8-15-23-33)39(38)43-29-34-24-16-9-17-25-34/h6-26,36-39H,27-30H2,1-5H3/t36-,37-,38-,39+/m1/s1. The van der Waals surface area contributed by atoms with Gasteiger partial charge in [-0.3, -0.25) is 0 Å². The molecule has 0 amide bonds. The molecule has 4 aromatic carbocycles. The normalized spacial score (nSPS) is 21.2. The van der Waals surface area contributed by atoms with E-state index in [2.05, 4.69) is 88.5 Å². The Hall–Kier alpha value is -3.52. The fraction of sp³-hybridized carbons (Fsp3) is 0.350. The van der Waals surface area contributed by atoms with Gasteiger partial charge >= 0.3 is 0 Å². The molecule has 0 N–H and O–H groups in total. The van der Waals surface area contributed by atoms with E-state index in [1.54, 1.807) is 0 Å². The van der Waals surface area contributed by atoms with Gasteiger partial charge in [0.25, 0.3) is 0 Å². The van der Waals surface area contributed by atoms with Gasteiger partial charge in [-0.05, 0) is 46.5 Å². The SMILES string of the molecule is CC(C)(C)[Si](C)(C)O[C@@H]1C(=Cc2ccccc2)O[C@H](COCc2ccccc2)[C@@H](OCc2ccccc2)[C@@H]1OCc1ccccc1. The molecule has 5 nitrogen and oxygen atoms in total. The molecule has 0 aromatic heterocycles. The molecule has 6 heteroatoms. The molecule has 0 radical (unpaired) electrons. The van der Waals surface area contributed by atoms with Crippen molar-refractivity contribution in [2.75, 3.05) is 6.61 Å². The summed E-state index contributed by atoms with van der Waals surface area (Å²) < 4.78 is 34.2. The molecule has 1 aliphatic rings. The minimum atomic E-state index is -2.30. The Kier molecular flexibility index (Phi) is 11.7. The summed E-state index contributed by atoms with van der Waals surface area (Å²) in [6.07, 6.45) is 0.279. The van der Waals surface area contributed by atoms with Gasteiger partial charge in [0, 0.05) is 0 Å². The second-order valence-corrected chi connectivity index (χ2v) is 18.2. The molecule has 0 bridgehead atoms. The van der Waals surface area contributed by atoms with E-state index in [-0.39, 0.29) is 5.04 Å². The van der Waals surface area contributed by atoms with Crippen LogP contribution in [0.15, 0.2) is 127 Å². The lowest BCUT2D eigenvalue weighted by Crippen LogP contribution is -2.59. The van der Waals surface area contributed by atoms with Gasteiger partial charge in [0.15, 0.2) is 14.4 Å². The van der Waals surface area contributed by atoms with Crippen LogP contribution in [0.4, 0.5) is 0 Å². The Labute approximate surface area is 276 Å². The summed E-state index contributed by atoms with van der Waals surface area (Å²) in [5.41, 5.74) is 4.32. The molecule has 5 rings (SSSR count). The van der Waals surface area contributed by atoms with Crippen molar-refractivity contribution in [1.82, 2.24) is 0 Å². The summed E-state index contributed by atoms with van der Waals surface area (Å²) in [7, 11) is -2.30. The second kappa shape index (κ2) is 15.9. The Bertz CT molecular complexity index is 1490. The van der Waals surface area contributed by atoms with Crippen molar-refractivity contribution < 1.29 is 23.4 Å². The van der Waals surface area contributed by atoms with Crippen molar-refractivity contribution in [3.8, 4) is 0 Å². The molecule has 0 spiro atoms. The molecule has 242 valence electrons. The van der Waals surface area contributed by atoms with Crippen LogP contribution in [0, 0.1) is 0 Å². The fourth-order valence-corrected chi connectivity index (χ4v) is 6.46. The van der Waals surface area contributed by atoms with E-state index in [0.29, 0.717) is 26.4 Å². The lowest BCUT2D eigenvalue weighted by atomic mass is 9.96. The molecule has 1 aliphatic heterocycles. The quantitative estimate of drug-likeness (QED) is 0.137. The first-order chi connectivity index (χ1) is 22.2. The van der Waals surface area contributed by atoms with E-state index >= 15 is 0 Å². The maximum absolute atomic E-state index is 7.23. The number of hydrogen-bond donors (Lipinski definition) is 0. The van der Waals surface area contributed by atoms with E-state index in [0.717, 1.165) is 28.0 Å². The van der Waals surface area contributed by atoms with E-state index < -0.39 is 32.7 Å². The Morgan fingerprint density at radius 2 is 1.09 bits per heavy atom. The highest BCUT2D eigenvalue weighted by Gasteiger charge is 2.50. The lowest BCUT2D eigenvalue weighted by molar-refractivity contribution is -0.208. The molecule has 0 aliphatic carbocycles. The van der Waals surface area contributed by atoms with Crippen LogP contribution in [0.2, 0.25) is 18.1 Å². The molecule has 0 saturated carbocycles. The number of benzene rings is 4. The number of hydrogen-bond acceptors (Lipinski definition) is 5. The first-order valence-electron chi connectivity index (χ1n) is 16.2. The molecular formula is C40H48O5Si. The van der Waals surface area contributed by atoms with Crippen molar-refractivity contribution in [2.24, 2.45) is 0 Å². The molecular weight excluding hydrogens is 589 g/mol. The average molecular weight is 637 g/mol. The molecule has 1 fully saturated rings. The van der Waals surface area contributed by atoms with Crippen LogP contribution < -0.4 is 0 Å². The highest BCUT2D eigenvalue weighted by atomic mass is 28.4. The van der Waals surface area contributed by atoms with Crippen LogP contribution in [0.25, 0.3) is 6.08 Å². The van der Waals surface area contributed by atoms with Gasteiger partial charge in [-0.25, -0.2) is 0 Å². The van der Waals surface area contributed by atoms with Gasteiger partial charge in [-0.15, -0.1) is 0 Å². The lowest BCUT2D eigenvalue weighted by Gasteiger charge is -2.48. The van der Waals surface area contributed by atoms with Crippen molar-refractivity contribution in [1.29, 1.82) is 0 Å². The maximum atomic E-state index is 7.23. The molecule has 4 atom stereocenters. The van der Waals surface area contributed by atoms with E-state index in [9.17, 15) is 0 Å². The van der Waals surface area contributed by atoms with Crippen LogP contribution in [-0.4, -0.2) is 39.3 Å². The van der Waals surface area contributed by atoms with Crippen molar-refractivity contribution in [3.05, 3.63) is 149 Å². The van der Waals surface area contributed by atoms with E-state index in [4.69, 9.17) is 23.4 Å². The van der Waals surface area contributed by atoms with Crippen LogP contribution >= 0.6 is 0 Å². The molecule has 1 saturated heterocycles. The summed E-state index contributed by atoms with van der Waals surface area (Å²) in [6, 6.07) is 41.0. The van der Waals surface area contributed by atoms with E-state index in [1.165, 1.54) is 0 Å². The molecule has 0 unspecified atom stereocenters. The summed E-state index contributed by atoms with van der Waals surface area (Å²) >= 11 is 0. The first-order valence-corrected chi connectivity index (χ1v) is 19.1. The van der Waals surface area contributed by atoms with Gasteiger partial charge < -0.3 is 23.4 Å². The minimum absolute atomic E-state index is 0.0229. The Morgan fingerprint density at radius 3 is 1.59 bits per heavy atom. The second-order valence-electron chi connectivity index (χ2n) is 13.4. The zero-order valence-electron chi connectivity index (χ0n) is 27.8. The zero-order valence-corrected chi connectivity index (χ0v) is 28.8. The number of rotatable bonds is 13. The predicted octanol–water partition coefficient (Wildman–Crippen LogP) is 9.20. The fourth-order valence-electron chi connectivity index (χ4n) is 5.22. The monoisotopic (exact) mass is 636 g/mol. The van der Waals surface area contributed by atoms with Crippen LogP contribution in [0.3, 0.4) is 0 Å². The smallest absolute Gasteiger partial charge is 0.193 e. The molecule has 4 aromatic rings. The molecule has 46 heavy (non-hydrogen) atoms. The third-order valence-corrected chi connectivity index (χ3v) is 13.3. The summed E-state index contributed by atoms with van der Waals surface area (Å²) in [5.74, 6) is 0.738. The zero-order chi connectivity index (χ0) is 32.4. The Morgan fingerprint density at radius 1 is 0.630 bits per heavy atom.